The van der Waals surface area contributed by atoms with Gasteiger partial charge in [0, 0.05) is 18.5 Å². The van der Waals surface area contributed by atoms with Gasteiger partial charge in [0.05, 0.1) is 12.4 Å². The van der Waals surface area contributed by atoms with Gasteiger partial charge in [-0.25, -0.2) is 4.98 Å². The van der Waals surface area contributed by atoms with E-state index in [2.05, 4.69) is 16.0 Å². The van der Waals surface area contributed by atoms with E-state index < -0.39 is 0 Å². The highest BCUT2D eigenvalue weighted by molar-refractivity contribution is 7.09. The van der Waals surface area contributed by atoms with Gasteiger partial charge in [0.25, 0.3) is 5.91 Å². The normalized spacial score (nSPS) is 10.3. The number of halogens is 1. The van der Waals surface area contributed by atoms with Crippen LogP contribution in [0.1, 0.15) is 15.4 Å². The van der Waals surface area contributed by atoms with Crippen LogP contribution in [0.4, 0.5) is 0 Å². The molecule has 0 aliphatic rings. The second kappa shape index (κ2) is 5.93. The lowest BCUT2D eigenvalue weighted by atomic mass is 10.3. The number of aromatic nitrogens is 2. The van der Waals surface area contributed by atoms with E-state index >= 15 is 0 Å². The summed E-state index contributed by atoms with van der Waals surface area (Å²) in [4.78, 5) is 22.7. The van der Waals surface area contributed by atoms with Crippen molar-refractivity contribution in [2.45, 2.75) is 6.42 Å². The zero-order chi connectivity index (χ0) is 13.0. The predicted molar refractivity (Wildman–Crippen MR) is 72.0 cm³/mol. The van der Waals surface area contributed by atoms with E-state index in [1.165, 1.54) is 17.3 Å². The molecular formula is C12H12ClN3OS. The summed E-state index contributed by atoms with van der Waals surface area (Å²) in [7, 11) is 1.75. The molecule has 1 amide bonds. The van der Waals surface area contributed by atoms with Crippen molar-refractivity contribution >= 4 is 28.8 Å². The van der Waals surface area contributed by atoms with Crippen molar-refractivity contribution in [2.75, 3.05) is 13.6 Å². The van der Waals surface area contributed by atoms with Crippen LogP contribution in [0, 0.1) is 0 Å². The minimum absolute atomic E-state index is 0.165. The predicted octanol–water partition coefficient (Wildman–Crippen LogP) is 2.51. The number of likely N-dealkylation sites (N-methyl/N-ethyl adjacent to an activating group) is 1. The van der Waals surface area contributed by atoms with Crippen molar-refractivity contribution in [2.24, 2.45) is 0 Å². The van der Waals surface area contributed by atoms with E-state index in [0.29, 0.717) is 6.54 Å². The van der Waals surface area contributed by atoms with E-state index in [0.717, 1.165) is 6.42 Å². The Balaban J connectivity index is 1.96. The first-order valence-corrected chi connectivity index (χ1v) is 6.68. The number of carbonyl (C=O) groups is 1. The van der Waals surface area contributed by atoms with Crippen molar-refractivity contribution in [3.05, 3.63) is 45.6 Å². The summed E-state index contributed by atoms with van der Waals surface area (Å²) < 4.78 is 0. The molecule has 2 rings (SSSR count). The van der Waals surface area contributed by atoms with Crippen molar-refractivity contribution in [3.8, 4) is 0 Å². The van der Waals surface area contributed by atoms with Crippen molar-refractivity contribution in [1.82, 2.24) is 14.9 Å². The van der Waals surface area contributed by atoms with Gasteiger partial charge in [-0.15, -0.1) is 11.3 Å². The van der Waals surface area contributed by atoms with Gasteiger partial charge in [0.1, 0.15) is 10.8 Å². The molecule has 0 fully saturated rings. The average Bonchev–Trinajstić information content (AvgIpc) is 2.88. The molecule has 4 nitrogen and oxygen atoms in total. The summed E-state index contributed by atoms with van der Waals surface area (Å²) >= 11 is 7.40. The monoisotopic (exact) mass is 281 g/mol. The lowest BCUT2D eigenvalue weighted by molar-refractivity contribution is 0.0790. The first-order valence-electron chi connectivity index (χ1n) is 5.42. The molecule has 2 aromatic rings. The summed E-state index contributed by atoms with van der Waals surface area (Å²) in [5, 5.41) is 2.26. The van der Waals surface area contributed by atoms with Crippen molar-refractivity contribution in [1.29, 1.82) is 0 Å². The smallest absolute Gasteiger partial charge is 0.273 e. The number of carbonyl (C=O) groups excluding carboxylic acids is 1. The van der Waals surface area contributed by atoms with Gasteiger partial charge >= 0.3 is 0 Å². The Morgan fingerprint density at radius 3 is 3.00 bits per heavy atom. The molecule has 0 radical (unpaired) electrons. The standard InChI is InChI=1S/C12H12ClN3OS/c1-16(5-4-9-3-2-6-18-9)12(17)10-7-14-8-11(13)15-10/h2-3,6-8H,4-5H2,1H3. The number of hydrogen-bond donors (Lipinski definition) is 0. The van der Waals surface area contributed by atoms with Crippen LogP contribution in [0.3, 0.4) is 0 Å². The summed E-state index contributed by atoms with van der Waals surface area (Å²) in [5.74, 6) is -0.165. The number of amides is 1. The van der Waals surface area contributed by atoms with Crippen LogP contribution in [-0.4, -0.2) is 34.4 Å². The first-order chi connectivity index (χ1) is 8.66. The first kappa shape index (κ1) is 13.0. The fraction of sp³-hybridized carbons (Fsp3) is 0.250. The van der Waals surface area contributed by atoms with Crippen LogP contribution in [0.25, 0.3) is 0 Å². The Labute approximate surface area is 114 Å². The molecular weight excluding hydrogens is 270 g/mol. The minimum atomic E-state index is -0.165. The molecule has 2 aromatic heterocycles. The fourth-order valence-corrected chi connectivity index (χ4v) is 2.32. The number of hydrogen-bond acceptors (Lipinski definition) is 4. The van der Waals surface area contributed by atoms with E-state index in [9.17, 15) is 4.79 Å². The topological polar surface area (TPSA) is 46.1 Å². The van der Waals surface area contributed by atoms with Crippen molar-refractivity contribution < 1.29 is 4.79 Å². The van der Waals surface area contributed by atoms with Gasteiger partial charge in [-0.05, 0) is 17.9 Å². The van der Waals surface area contributed by atoms with Crippen LogP contribution < -0.4 is 0 Å². The molecule has 6 heteroatoms. The van der Waals surface area contributed by atoms with E-state index in [-0.39, 0.29) is 16.8 Å². The number of nitrogens with zero attached hydrogens (tertiary/aromatic N) is 3. The van der Waals surface area contributed by atoms with Crippen LogP contribution in [0.5, 0.6) is 0 Å². The van der Waals surface area contributed by atoms with Crippen LogP contribution in [-0.2, 0) is 6.42 Å². The molecule has 18 heavy (non-hydrogen) atoms. The quantitative estimate of drug-likeness (QED) is 0.865. The maximum atomic E-state index is 12.0. The fourth-order valence-electron chi connectivity index (χ4n) is 1.48. The van der Waals surface area contributed by atoms with Crippen LogP contribution in [0.15, 0.2) is 29.9 Å². The Hall–Kier alpha value is -1.46. The van der Waals surface area contributed by atoms with Gasteiger partial charge < -0.3 is 4.90 Å². The maximum absolute atomic E-state index is 12.0. The average molecular weight is 282 g/mol. The highest BCUT2D eigenvalue weighted by Gasteiger charge is 2.13. The summed E-state index contributed by atoms with van der Waals surface area (Å²) in [6.07, 6.45) is 3.67. The summed E-state index contributed by atoms with van der Waals surface area (Å²) in [5.41, 5.74) is 0.274. The van der Waals surface area contributed by atoms with Gasteiger partial charge in [-0.3, -0.25) is 9.78 Å². The molecule has 0 saturated carbocycles. The molecule has 0 N–H and O–H groups in total. The Morgan fingerprint density at radius 1 is 1.50 bits per heavy atom. The molecule has 0 aliphatic carbocycles. The molecule has 0 saturated heterocycles. The molecule has 0 bridgehead atoms. The second-order valence-electron chi connectivity index (χ2n) is 3.78. The van der Waals surface area contributed by atoms with Gasteiger partial charge in [-0.1, -0.05) is 17.7 Å². The largest absolute Gasteiger partial charge is 0.340 e. The van der Waals surface area contributed by atoms with Crippen LogP contribution >= 0.6 is 22.9 Å². The second-order valence-corrected chi connectivity index (χ2v) is 5.20. The van der Waals surface area contributed by atoms with E-state index in [1.807, 2.05) is 11.4 Å². The molecule has 2 heterocycles. The zero-order valence-electron chi connectivity index (χ0n) is 9.84. The molecule has 0 spiro atoms. The lowest BCUT2D eigenvalue weighted by Gasteiger charge is -2.15. The third-order valence-corrected chi connectivity index (χ3v) is 3.56. The van der Waals surface area contributed by atoms with Gasteiger partial charge in [0.2, 0.25) is 0 Å². The molecule has 94 valence electrons. The highest BCUT2D eigenvalue weighted by atomic mass is 35.5. The van der Waals surface area contributed by atoms with Gasteiger partial charge in [0.15, 0.2) is 0 Å². The Morgan fingerprint density at radius 2 is 2.33 bits per heavy atom. The maximum Gasteiger partial charge on any atom is 0.273 e. The molecule has 0 aliphatic heterocycles. The summed E-state index contributed by atoms with van der Waals surface area (Å²) in [6, 6.07) is 4.06. The third kappa shape index (κ3) is 3.27. The summed E-state index contributed by atoms with van der Waals surface area (Å²) in [6.45, 7) is 0.646. The van der Waals surface area contributed by atoms with E-state index in [1.54, 1.807) is 23.3 Å². The number of rotatable bonds is 4. The zero-order valence-corrected chi connectivity index (χ0v) is 11.4. The third-order valence-electron chi connectivity index (χ3n) is 2.44. The minimum Gasteiger partial charge on any atom is -0.340 e. The Bertz CT molecular complexity index is 530. The van der Waals surface area contributed by atoms with E-state index in [4.69, 9.17) is 11.6 Å². The molecule has 0 atom stereocenters. The Kier molecular flexibility index (Phi) is 4.28. The number of thiophene rings is 1. The van der Waals surface area contributed by atoms with Gasteiger partial charge in [-0.2, -0.15) is 0 Å². The highest BCUT2D eigenvalue weighted by Crippen LogP contribution is 2.10. The molecule has 0 aromatic carbocycles. The van der Waals surface area contributed by atoms with Crippen molar-refractivity contribution in [3.63, 3.8) is 0 Å². The molecule has 0 unspecified atom stereocenters. The van der Waals surface area contributed by atoms with Crippen LogP contribution in [0.2, 0.25) is 5.15 Å². The SMILES string of the molecule is CN(CCc1cccs1)C(=O)c1cncc(Cl)n1. The lowest BCUT2D eigenvalue weighted by Crippen LogP contribution is -2.29.